The highest BCUT2D eigenvalue weighted by atomic mass is 16.5. The van der Waals surface area contributed by atoms with Gasteiger partial charge in [0, 0.05) is 23.7 Å². The lowest BCUT2D eigenvalue weighted by Gasteiger charge is -2.15. The Morgan fingerprint density at radius 2 is 2.14 bits per heavy atom. The van der Waals surface area contributed by atoms with E-state index in [4.69, 9.17) is 9.47 Å². The number of methoxy groups -OCH3 is 1. The quantitative estimate of drug-likeness (QED) is 0.817. The van der Waals surface area contributed by atoms with Crippen LogP contribution in [0.3, 0.4) is 0 Å². The van der Waals surface area contributed by atoms with Crippen LogP contribution in [0.5, 0.6) is 5.75 Å². The summed E-state index contributed by atoms with van der Waals surface area (Å²) >= 11 is 0. The van der Waals surface area contributed by atoms with Gasteiger partial charge in [0.15, 0.2) is 0 Å². The zero-order valence-corrected chi connectivity index (χ0v) is 12.8. The van der Waals surface area contributed by atoms with Crippen molar-refractivity contribution in [1.29, 1.82) is 0 Å². The van der Waals surface area contributed by atoms with Gasteiger partial charge in [-0.1, -0.05) is 0 Å². The minimum atomic E-state index is -0.556. The lowest BCUT2D eigenvalue weighted by molar-refractivity contribution is 0.0524. The minimum absolute atomic E-state index is 0.104. The van der Waals surface area contributed by atoms with E-state index >= 15 is 0 Å². The van der Waals surface area contributed by atoms with E-state index in [-0.39, 0.29) is 17.6 Å². The van der Waals surface area contributed by atoms with Crippen molar-refractivity contribution in [1.82, 2.24) is 4.57 Å². The first-order chi connectivity index (χ1) is 10.7. The number of esters is 1. The number of benzene rings is 1. The van der Waals surface area contributed by atoms with Crippen LogP contribution in [0.15, 0.2) is 23.1 Å². The Bertz CT molecular complexity index is 791. The van der Waals surface area contributed by atoms with E-state index in [1.807, 2.05) is 10.6 Å². The number of pyridine rings is 1. The average molecular weight is 301 g/mol. The van der Waals surface area contributed by atoms with Crippen LogP contribution in [-0.2, 0) is 17.7 Å². The fourth-order valence-corrected chi connectivity index (χ4v) is 3.10. The fraction of sp³-hybridized carbons (Fsp3) is 0.412. The minimum Gasteiger partial charge on any atom is -0.496 e. The van der Waals surface area contributed by atoms with Gasteiger partial charge in [-0.25, -0.2) is 4.79 Å². The summed E-state index contributed by atoms with van der Waals surface area (Å²) in [4.78, 5) is 24.7. The third-order valence-electron chi connectivity index (χ3n) is 4.09. The van der Waals surface area contributed by atoms with Gasteiger partial charge in [0.25, 0.3) is 0 Å². The Kier molecular flexibility index (Phi) is 3.88. The molecule has 1 aromatic carbocycles. The monoisotopic (exact) mass is 301 g/mol. The molecule has 2 heterocycles. The number of hydrogen-bond donors (Lipinski definition) is 0. The van der Waals surface area contributed by atoms with E-state index < -0.39 is 5.97 Å². The molecular formula is C17H19NO4. The second-order valence-corrected chi connectivity index (χ2v) is 5.39. The molecule has 0 bridgehead atoms. The molecule has 0 fully saturated rings. The molecule has 1 aliphatic rings. The van der Waals surface area contributed by atoms with Crippen molar-refractivity contribution >= 4 is 16.9 Å². The summed E-state index contributed by atoms with van der Waals surface area (Å²) in [5.74, 6) is 0.242. The number of rotatable bonds is 3. The van der Waals surface area contributed by atoms with Crippen LogP contribution in [0.4, 0.5) is 0 Å². The molecule has 0 saturated carbocycles. The van der Waals surface area contributed by atoms with E-state index in [1.54, 1.807) is 26.3 Å². The van der Waals surface area contributed by atoms with Crippen molar-refractivity contribution in [2.75, 3.05) is 13.7 Å². The van der Waals surface area contributed by atoms with Crippen molar-refractivity contribution in [3.8, 4) is 5.75 Å². The van der Waals surface area contributed by atoms with Gasteiger partial charge < -0.3 is 14.0 Å². The van der Waals surface area contributed by atoms with Crippen LogP contribution in [0.2, 0.25) is 0 Å². The molecule has 5 heteroatoms. The van der Waals surface area contributed by atoms with E-state index in [2.05, 4.69) is 0 Å². The maximum atomic E-state index is 12.6. The Hall–Kier alpha value is -2.30. The standard InChI is InChI=1S/C17H19NO4/c1-3-22-17(20)13-10-18-9-5-4-6-11-14(21-2)8-7-12(15(11)18)16(13)19/h7-8,10H,3-6,9H2,1-2H3. The molecule has 0 unspecified atom stereocenters. The highest BCUT2D eigenvalue weighted by molar-refractivity contribution is 5.95. The van der Waals surface area contributed by atoms with Gasteiger partial charge in [-0.2, -0.15) is 0 Å². The van der Waals surface area contributed by atoms with Gasteiger partial charge in [0.1, 0.15) is 11.3 Å². The normalized spacial score (nSPS) is 13.7. The summed E-state index contributed by atoms with van der Waals surface area (Å²) in [5.41, 5.74) is 1.77. The van der Waals surface area contributed by atoms with Gasteiger partial charge in [-0.15, -0.1) is 0 Å². The third-order valence-corrected chi connectivity index (χ3v) is 4.09. The SMILES string of the molecule is CCOC(=O)c1cn2c3c(c(OC)ccc3c1=O)CCCC2. The Labute approximate surface area is 128 Å². The maximum absolute atomic E-state index is 12.6. The molecule has 116 valence electrons. The first kappa shape index (κ1) is 14.6. The fourth-order valence-electron chi connectivity index (χ4n) is 3.10. The maximum Gasteiger partial charge on any atom is 0.343 e. The summed E-state index contributed by atoms with van der Waals surface area (Å²) in [5, 5.41) is 0.559. The van der Waals surface area contributed by atoms with E-state index in [1.165, 1.54) is 0 Å². The van der Waals surface area contributed by atoms with Crippen LogP contribution in [0.25, 0.3) is 10.9 Å². The number of nitrogens with zero attached hydrogens (tertiary/aromatic N) is 1. The highest BCUT2D eigenvalue weighted by Gasteiger charge is 2.21. The Morgan fingerprint density at radius 3 is 2.86 bits per heavy atom. The third kappa shape index (κ3) is 2.26. The molecule has 0 amide bonds. The molecule has 1 aliphatic heterocycles. The van der Waals surface area contributed by atoms with E-state index in [9.17, 15) is 9.59 Å². The summed E-state index contributed by atoms with van der Waals surface area (Å²) in [6.45, 7) is 2.77. The molecule has 3 rings (SSSR count). The van der Waals surface area contributed by atoms with E-state index in [0.29, 0.717) is 5.39 Å². The number of ether oxygens (including phenoxy) is 2. The van der Waals surface area contributed by atoms with Crippen LogP contribution < -0.4 is 10.2 Å². The van der Waals surface area contributed by atoms with Gasteiger partial charge in [-0.3, -0.25) is 4.79 Å². The van der Waals surface area contributed by atoms with Crippen LogP contribution in [-0.4, -0.2) is 24.3 Å². The molecule has 1 aromatic heterocycles. The van der Waals surface area contributed by atoms with Gasteiger partial charge in [-0.05, 0) is 38.3 Å². The molecule has 0 N–H and O–H groups in total. The first-order valence-corrected chi connectivity index (χ1v) is 7.57. The van der Waals surface area contributed by atoms with Gasteiger partial charge >= 0.3 is 5.97 Å². The molecule has 0 spiro atoms. The number of carbonyl (C=O) groups is 1. The number of hydrogen-bond acceptors (Lipinski definition) is 4. The second kappa shape index (κ2) is 5.83. The number of aryl methyl sites for hydroxylation is 2. The molecule has 0 radical (unpaired) electrons. The highest BCUT2D eigenvalue weighted by Crippen LogP contribution is 2.30. The molecule has 0 atom stereocenters. The van der Waals surface area contributed by atoms with Crippen molar-refractivity contribution in [2.45, 2.75) is 32.7 Å². The lowest BCUT2D eigenvalue weighted by Crippen LogP contribution is -2.21. The molecule has 2 aromatic rings. The first-order valence-electron chi connectivity index (χ1n) is 7.57. The number of aromatic nitrogens is 1. The zero-order valence-electron chi connectivity index (χ0n) is 12.8. The Balaban J connectivity index is 2.33. The second-order valence-electron chi connectivity index (χ2n) is 5.39. The molecular weight excluding hydrogens is 282 g/mol. The predicted octanol–water partition coefficient (Wildman–Crippen LogP) is 2.52. The van der Waals surface area contributed by atoms with Crippen LogP contribution >= 0.6 is 0 Å². The largest absolute Gasteiger partial charge is 0.496 e. The summed E-state index contributed by atoms with van der Waals surface area (Å²) in [6, 6.07) is 3.55. The van der Waals surface area contributed by atoms with Crippen molar-refractivity contribution < 1.29 is 14.3 Å². The summed E-state index contributed by atoms with van der Waals surface area (Å²) in [6.07, 6.45) is 4.54. The van der Waals surface area contributed by atoms with Gasteiger partial charge in [0.2, 0.25) is 5.43 Å². The van der Waals surface area contributed by atoms with Crippen molar-refractivity contribution in [3.63, 3.8) is 0 Å². The van der Waals surface area contributed by atoms with Crippen LogP contribution in [0.1, 0.15) is 35.7 Å². The van der Waals surface area contributed by atoms with Crippen molar-refractivity contribution in [3.05, 3.63) is 39.7 Å². The predicted molar refractivity (Wildman–Crippen MR) is 83.7 cm³/mol. The lowest BCUT2D eigenvalue weighted by atomic mass is 10.0. The zero-order chi connectivity index (χ0) is 15.7. The smallest absolute Gasteiger partial charge is 0.343 e. The van der Waals surface area contributed by atoms with E-state index in [0.717, 1.165) is 42.6 Å². The molecule has 5 nitrogen and oxygen atoms in total. The van der Waals surface area contributed by atoms with Crippen molar-refractivity contribution in [2.24, 2.45) is 0 Å². The average Bonchev–Trinajstić information content (AvgIpc) is 2.74. The molecule has 22 heavy (non-hydrogen) atoms. The van der Waals surface area contributed by atoms with Crippen LogP contribution in [0, 0.1) is 0 Å². The van der Waals surface area contributed by atoms with Gasteiger partial charge in [0.05, 0.1) is 19.2 Å². The Morgan fingerprint density at radius 1 is 1.32 bits per heavy atom. The summed E-state index contributed by atoms with van der Waals surface area (Å²) in [7, 11) is 1.64. The molecule has 0 aliphatic carbocycles. The topological polar surface area (TPSA) is 57.5 Å². The molecule has 0 saturated heterocycles. The summed E-state index contributed by atoms with van der Waals surface area (Å²) < 4.78 is 12.4. The number of carbonyl (C=O) groups excluding carboxylic acids is 1.